The Hall–Kier alpha value is -0.140. The van der Waals surface area contributed by atoms with Gasteiger partial charge in [0.25, 0.3) is 0 Å². The SMILES string of the molecule is CC.CC.CCC(C)(F)CF. The minimum atomic E-state index is -1.58. The van der Waals surface area contributed by atoms with Gasteiger partial charge in [-0.05, 0) is 13.3 Å². The maximum absolute atomic E-state index is 12.2. The standard InChI is InChI=1S/C5H10F2.2C2H6/c1-3-5(2,7)4-6;2*1-2/h3-4H2,1-2H3;2*1-2H3. The lowest BCUT2D eigenvalue weighted by molar-refractivity contribution is 0.137. The van der Waals surface area contributed by atoms with Crippen LogP contribution in [0.15, 0.2) is 0 Å². The molecule has 0 saturated heterocycles. The van der Waals surface area contributed by atoms with Gasteiger partial charge in [-0.15, -0.1) is 0 Å². The number of hydrogen-bond acceptors (Lipinski definition) is 0. The molecule has 0 aromatic rings. The van der Waals surface area contributed by atoms with E-state index in [1.807, 2.05) is 27.7 Å². The summed E-state index contributed by atoms with van der Waals surface area (Å²) in [6, 6.07) is 0. The van der Waals surface area contributed by atoms with Crippen LogP contribution in [0.4, 0.5) is 8.78 Å². The van der Waals surface area contributed by atoms with Crippen LogP contribution in [-0.4, -0.2) is 12.3 Å². The Balaban J connectivity index is -0.000000138. The molecule has 0 spiro atoms. The second-order valence-electron chi connectivity index (χ2n) is 1.90. The molecule has 0 aliphatic rings. The summed E-state index contributed by atoms with van der Waals surface area (Å²) in [5.74, 6) is 0. The van der Waals surface area contributed by atoms with Crippen molar-refractivity contribution in [2.75, 3.05) is 6.67 Å². The lowest BCUT2D eigenvalue weighted by Gasteiger charge is -2.10. The smallest absolute Gasteiger partial charge is 0.136 e. The highest BCUT2D eigenvalue weighted by Crippen LogP contribution is 2.13. The van der Waals surface area contributed by atoms with Crippen LogP contribution in [0.1, 0.15) is 48.0 Å². The van der Waals surface area contributed by atoms with Gasteiger partial charge < -0.3 is 0 Å². The predicted molar refractivity (Wildman–Crippen MR) is 48.5 cm³/mol. The van der Waals surface area contributed by atoms with E-state index in [-0.39, 0.29) is 6.42 Å². The normalized spacial score (nSPS) is 13.1. The minimum Gasteiger partial charge on any atom is -0.248 e. The minimum absolute atomic E-state index is 0.253. The monoisotopic (exact) mass is 168 g/mol. The van der Waals surface area contributed by atoms with E-state index in [0.717, 1.165) is 0 Å². The fraction of sp³-hybridized carbons (Fsp3) is 1.00. The molecule has 0 aromatic heterocycles. The third-order valence-corrected chi connectivity index (χ3v) is 1.02. The van der Waals surface area contributed by atoms with Crippen molar-refractivity contribution >= 4 is 0 Å². The Labute approximate surface area is 70.0 Å². The summed E-state index contributed by atoms with van der Waals surface area (Å²) in [5, 5.41) is 0. The number of alkyl halides is 2. The van der Waals surface area contributed by atoms with Gasteiger partial charge in [0, 0.05) is 0 Å². The maximum Gasteiger partial charge on any atom is 0.136 e. The molecule has 0 saturated carbocycles. The highest BCUT2D eigenvalue weighted by atomic mass is 19.2. The van der Waals surface area contributed by atoms with Gasteiger partial charge in [0.15, 0.2) is 0 Å². The molecule has 0 nitrogen and oxygen atoms in total. The highest BCUT2D eigenvalue weighted by Gasteiger charge is 2.18. The van der Waals surface area contributed by atoms with E-state index >= 15 is 0 Å². The Morgan fingerprint density at radius 3 is 1.36 bits per heavy atom. The first-order valence-corrected chi connectivity index (χ1v) is 4.37. The third-order valence-electron chi connectivity index (χ3n) is 1.02. The second kappa shape index (κ2) is 12.5. The molecule has 0 amide bonds. The zero-order valence-corrected chi connectivity index (χ0v) is 8.67. The van der Waals surface area contributed by atoms with E-state index in [2.05, 4.69) is 0 Å². The summed E-state index contributed by atoms with van der Waals surface area (Å²) >= 11 is 0. The van der Waals surface area contributed by atoms with Gasteiger partial charge in [-0.3, -0.25) is 0 Å². The summed E-state index contributed by atoms with van der Waals surface area (Å²) in [5.41, 5.74) is -1.58. The first-order valence-electron chi connectivity index (χ1n) is 4.37. The van der Waals surface area contributed by atoms with Gasteiger partial charge in [-0.1, -0.05) is 34.6 Å². The average molecular weight is 168 g/mol. The Morgan fingerprint density at radius 1 is 1.09 bits per heavy atom. The molecule has 1 unspecified atom stereocenters. The quantitative estimate of drug-likeness (QED) is 0.581. The molecule has 1 atom stereocenters. The summed E-state index contributed by atoms with van der Waals surface area (Å²) in [6.07, 6.45) is 0.253. The summed E-state index contributed by atoms with van der Waals surface area (Å²) in [6.45, 7) is 10.0. The van der Waals surface area contributed by atoms with Crippen LogP contribution in [0.3, 0.4) is 0 Å². The van der Waals surface area contributed by atoms with Crippen molar-refractivity contribution in [2.45, 2.75) is 53.6 Å². The van der Waals surface area contributed by atoms with Gasteiger partial charge in [-0.2, -0.15) is 0 Å². The van der Waals surface area contributed by atoms with Crippen molar-refractivity contribution in [1.82, 2.24) is 0 Å². The molecule has 0 radical (unpaired) electrons. The van der Waals surface area contributed by atoms with E-state index in [9.17, 15) is 8.78 Å². The lowest BCUT2D eigenvalue weighted by Crippen LogP contribution is -2.18. The number of hydrogen-bond donors (Lipinski definition) is 0. The fourth-order valence-electron chi connectivity index (χ4n) is 0.0945. The van der Waals surface area contributed by atoms with E-state index in [0.29, 0.717) is 0 Å². The molecule has 0 heterocycles. The first-order chi connectivity index (χ1) is 5.12. The summed E-state index contributed by atoms with van der Waals surface area (Å²) in [4.78, 5) is 0. The zero-order valence-electron chi connectivity index (χ0n) is 8.67. The van der Waals surface area contributed by atoms with Crippen LogP contribution >= 0.6 is 0 Å². The Morgan fingerprint density at radius 2 is 1.36 bits per heavy atom. The van der Waals surface area contributed by atoms with Crippen LogP contribution in [0, 0.1) is 0 Å². The maximum atomic E-state index is 12.2. The molecule has 0 rings (SSSR count). The van der Waals surface area contributed by atoms with Crippen LogP contribution in [0.2, 0.25) is 0 Å². The van der Waals surface area contributed by atoms with Crippen LogP contribution in [0.25, 0.3) is 0 Å². The van der Waals surface area contributed by atoms with Crippen LogP contribution in [0.5, 0.6) is 0 Å². The summed E-state index contributed by atoms with van der Waals surface area (Å²) < 4.78 is 23.6. The lowest BCUT2D eigenvalue weighted by atomic mass is 10.1. The average Bonchev–Trinajstić information content (AvgIpc) is 2.12. The van der Waals surface area contributed by atoms with Gasteiger partial charge in [0.1, 0.15) is 12.3 Å². The van der Waals surface area contributed by atoms with Crippen molar-refractivity contribution in [2.24, 2.45) is 0 Å². The molecule has 0 aliphatic carbocycles. The van der Waals surface area contributed by atoms with Crippen LogP contribution in [-0.2, 0) is 0 Å². The number of rotatable bonds is 2. The highest BCUT2D eigenvalue weighted by molar-refractivity contribution is 4.67. The topological polar surface area (TPSA) is 0 Å². The van der Waals surface area contributed by atoms with E-state index in [1.165, 1.54) is 6.92 Å². The van der Waals surface area contributed by atoms with Crippen molar-refractivity contribution in [1.29, 1.82) is 0 Å². The molecule has 2 heteroatoms. The van der Waals surface area contributed by atoms with Gasteiger partial charge in [0.05, 0.1) is 0 Å². The predicted octanol–water partition coefficient (Wildman–Crippen LogP) is 4.15. The van der Waals surface area contributed by atoms with Crippen LogP contribution < -0.4 is 0 Å². The molecule has 0 fully saturated rings. The Bertz CT molecular complexity index is 45.5. The third kappa shape index (κ3) is 17.7. The van der Waals surface area contributed by atoms with Gasteiger partial charge >= 0.3 is 0 Å². The van der Waals surface area contributed by atoms with E-state index < -0.39 is 12.3 Å². The molecule has 0 aliphatic heterocycles. The molecular weight excluding hydrogens is 146 g/mol. The first kappa shape index (κ1) is 17.1. The van der Waals surface area contributed by atoms with Crippen molar-refractivity contribution < 1.29 is 8.78 Å². The van der Waals surface area contributed by atoms with E-state index in [1.54, 1.807) is 6.92 Å². The molecule has 11 heavy (non-hydrogen) atoms. The van der Waals surface area contributed by atoms with Gasteiger partial charge in [0.2, 0.25) is 0 Å². The molecule has 0 aromatic carbocycles. The Kier molecular flexibility index (Phi) is 19.5. The van der Waals surface area contributed by atoms with Crippen molar-refractivity contribution in [3.63, 3.8) is 0 Å². The molecule has 0 bridgehead atoms. The van der Waals surface area contributed by atoms with E-state index in [4.69, 9.17) is 0 Å². The molecule has 0 N–H and O–H groups in total. The number of halogens is 2. The molecular formula is C9H22F2. The molecule has 72 valence electrons. The van der Waals surface area contributed by atoms with Gasteiger partial charge in [-0.25, -0.2) is 8.78 Å². The van der Waals surface area contributed by atoms with Crippen molar-refractivity contribution in [3.8, 4) is 0 Å². The largest absolute Gasteiger partial charge is 0.248 e. The van der Waals surface area contributed by atoms with Crippen molar-refractivity contribution in [3.05, 3.63) is 0 Å². The second-order valence-corrected chi connectivity index (χ2v) is 1.90. The fourth-order valence-corrected chi connectivity index (χ4v) is 0.0945. The zero-order chi connectivity index (χ0) is 9.91. The summed E-state index contributed by atoms with van der Waals surface area (Å²) in [7, 11) is 0.